The first-order chi connectivity index (χ1) is 11.4. The minimum absolute atomic E-state index is 0.0699. The minimum Gasteiger partial charge on any atom is -0.388 e. The molecule has 0 spiro atoms. The molecule has 0 saturated heterocycles. The Kier molecular flexibility index (Phi) is 7.18. The second kappa shape index (κ2) is 8.48. The van der Waals surface area contributed by atoms with Crippen LogP contribution in [0.25, 0.3) is 0 Å². The molecule has 0 bridgehead atoms. The molecule has 0 amide bonds. The zero-order valence-corrected chi connectivity index (χ0v) is 13.9. The average molecular weight is 429 g/mol. The molecule has 136 valence electrons. The zero-order valence-electron chi connectivity index (χ0n) is 12.3. The van der Waals surface area contributed by atoms with Gasteiger partial charge in [0.2, 0.25) is 0 Å². The summed E-state index contributed by atoms with van der Waals surface area (Å²) in [5.41, 5.74) is -1.37. The summed E-state index contributed by atoms with van der Waals surface area (Å²) >= 11 is 3.04. The molecule has 1 N–H and O–H groups in total. The number of halogens is 7. The van der Waals surface area contributed by atoms with Crippen molar-refractivity contribution in [3.05, 3.63) is 69.7 Å². The summed E-state index contributed by atoms with van der Waals surface area (Å²) in [6, 6.07) is 8.49. The molecule has 2 aromatic carbocycles. The normalized spacial score (nSPS) is 11.5. The van der Waals surface area contributed by atoms with Crippen LogP contribution in [-0.4, -0.2) is 17.5 Å². The number of aliphatic hydroxyl groups excluding tert-OH is 1. The Bertz CT molecular complexity index is 691. The maximum Gasteiger partial charge on any atom is 0.416 e. The second-order valence-electron chi connectivity index (χ2n) is 4.66. The summed E-state index contributed by atoms with van der Waals surface area (Å²) in [7, 11) is 0. The third kappa shape index (κ3) is 6.87. The third-order valence-corrected chi connectivity index (χ3v) is 3.38. The molecule has 0 radical (unpaired) electrons. The van der Waals surface area contributed by atoms with E-state index in [1.165, 1.54) is 12.1 Å². The van der Waals surface area contributed by atoms with Gasteiger partial charge in [-0.1, -0.05) is 28.1 Å². The zero-order chi connectivity index (χ0) is 19.3. The van der Waals surface area contributed by atoms with Crippen molar-refractivity contribution in [1.29, 1.82) is 0 Å². The molecule has 0 aromatic heterocycles. The van der Waals surface area contributed by atoms with Crippen LogP contribution in [0.1, 0.15) is 21.5 Å². The summed E-state index contributed by atoms with van der Waals surface area (Å²) in [5, 5.41) is 8.45. The van der Waals surface area contributed by atoms with Crippen LogP contribution in [-0.2, 0) is 12.4 Å². The lowest BCUT2D eigenvalue weighted by Crippen LogP contribution is -2.07. The van der Waals surface area contributed by atoms with Crippen LogP contribution >= 0.6 is 15.9 Å². The molecule has 0 atom stereocenters. The van der Waals surface area contributed by atoms with Crippen molar-refractivity contribution in [1.82, 2.24) is 0 Å². The molecule has 0 fully saturated rings. The summed E-state index contributed by atoms with van der Waals surface area (Å²) in [6.07, 6.45) is -8.64. The van der Waals surface area contributed by atoms with Crippen LogP contribution in [0.15, 0.2) is 53.0 Å². The first-order valence-electron chi connectivity index (χ1n) is 6.59. The Hall–Kier alpha value is -1.87. The molecule has 0 heterocycles. The van der Waals surface area contributed by atoms with Crippen molar-refractivity contribution in [3.8, 4) is 0 Å². The van der Waals surface area contributed by atoms with Crippen LogP contribution in [0.4, 0.5) is 26.3 Å². The predicted octanol–water partition coefficient (Wildman–Crippen LogP) is 5.35. The number of hydrogen-bond acceptors (Lipinski definition) is 2. The number of rotatable bonds is 2. The molecule has 2 nitrogen and oxygen atoms in total. The largest absolute Gasteiger partial charge is 0.416 e. The topological polar surface area (TPSA) is 37.3 Å². The predicted molar refractivity (Wildman–Crippen MR) is 82.0 cm³/mol. The SMILES string of the molecule is FC(F)(F)c1ccc(Br)cc1.O=C(CO)c1ccc(C(F)(F)F)cc1. The summed E-state index contributed by atoms with van der Waals surface area (Å²) in [5.74, 6) is -0.598. The van der Waals surface area contributed by atoms with Crippen LogP contribution in [0.2, 0.25) is 0 Å². The maximum atomic E-state index is 12.1. The van der Waals surface area contributed by atoms with Gasteiger partial charge in [-0.25, -0.2) is 0 Å². The van der Waals surface area contributed by atoms with E-state index in [4.69, 9.17) is 5.11 Å². The van der Waals surface area contributed by atoms with Gasteiger partial charge in [-0.3, -0.25) is 4.79 Å². The highest BCUT2D eigenvalue weighted by molar-refractivity contribution is 9.10. The highest BCUT2D eigenvalue weighted by Crippen LogP contribution is 2.30. The molecule has 9 heteroatoms. The number of hydrogen-bond donors (Lipinski definition) is 1. The minimum atomic E-state index is -4.40. The first kappa shape index (κ1) is 21.2. The van der Waals surface area contributed by atoms with E-state index in [2.05, 4.69) is 15.9 Å². The van der Waals surface area contributed by atoms with Crippen molar-refractivity contribution in [2.45, 2.75) is 12.4 Å². The molecule has 0 saturated carbocycles. The lowest BCUT2D eigenvalue weighted by Gasteiger charge is -2.06. The van der Waals surface area contributed by atoms with Gasteiger partial charge >= 0.3 is 12.4 Å². The van der Waals surface area contributed by atoms with E-state index in [1.807, 2.05) is 0 Å². The van der Waals surface area contributed by atoms with Gasteiger partial charge in [0, 0.05) is 10.0 Å². The fraction of sp³-hybridized carbons (Fsp3) is 0.188. The van der Waals surface area contributed by atoms with E-state index in [0.29, 0.717) is 4.47 Å². The Balaban J connectivity index is 0.000000257. The quantitative estimate of drug-likeness (QED) is 0.517. The Labute approximate surface area is 147 Å². The third-order valence-electron chi connectivity index (χ3n) is 2.85. The number of alkyl halides is 6. The van der Waals surface area contributed by atoms with Gasteiger partial charge in [0.15, 0.2) is 5.78 Å². The van der Waals surface area contributed by atoms with Gasteiger partial charge in [0.05, 0.1) is 11.1 Å². The number of carbonyl (C=O) groups excluding carboxylic acids is 1. The van der Waals surface area contributed by atoms with E-state index in [0.717, 1.165) is 36.4 Å². The van der Waals surface area contributed by atoms with Gasteiger partial charge in [0.1, 0.15) is 6.61 Å². The standard InChI is InChI=1S/C9H7F3O2.C7H4BrF3/c10-9(11,12)7-3-1-6(2-4-7)8(14)5-13;8-6-3-1-5(2-4-6)7(9,10)11/h1-4,13H,5H2;1-4H. The van der Waals surface area contributed by atoms with Gasteiger partial charge in [-0.15, -0.1) is 0 Å². The van der Waals surface area contributed by atoms with E-state index in [9.17, 15) is 31.1 Å². The number of benzene rings is 2. The van der Waals surface area contributed by atoms with E-state index >= 15 is 0 Å². The fourth-order valence-electron chi connectivity index (χ4n) is 1.58. The van der Waals surface area contributed by atoms with Crippen LogP contribution < -0.4 is 0 Å². The summed E-state index contributed by atoms with van der Waals surface area (Å²) < 4.78 is 72.6. The lowest BCUT2D eigenvalue weighted by molar-refractivity contribution is -0.138. The fourth-order valence-corrected chi connectivity index (χ4v) is 1.84. The van der Waals surface area contributed by atoms with E-state index in [1.54, 1.807) is 0 Å². The van der Waals surface area contributed by atoms with Crippen molar-refractivity contribution in [2.75, 3.05) is 6.61 Å². The molecule has 0 unspecified atom stereocenters. The Morgan fingerprint density at radius 2 is 1.16 bits per heavy atom. The lowest BCUT2D eigenvalue weighted by atomic mass is 10.1. The summed E-state index contributed by atoms with van der Waals surface area (Å²) in [6.45, 7) is -0.703. The van der Waals surface area contributed by atoms with Gasteiger partial charge in [-0.2, -0.15) is 26.3 Å². The molecule has 0 aliphatic rings. The van der Waals surface area contributed by atoms with Crippen molar-refractivity contribution in [3.63, 3.8) is 0 Å². The molecule has 0 aliphatic heterocycles. The Morgan fingerprint density at radius 3 is 1.48 bits per heavy atom. The van der Waals surface area contributed by atoms with Crippen molar-refractivity contribution < 1.29 is 36.2 Å². The monoisotopic (exact) mass is 428 g/mol. The number of carbonyl (C=O) groups is 1. The number of Topliss-reactive ketones (excluding diaryl/α,β-unsaturated/α-hetero) is 1. The Morgan fingerprint density at radius 1 is 0.800 bits per heavy atom. The number of ketones is 1. The maximum absolute atomic E-state index is 12.1. The highest BCUT2D eigenvalue weighted by Gasteiger charge is 2.30. The van der Waals surface area contributed by atoms with Crippen LogP contribution in [0, 0.1) is 0 Å². The molecular formula is C16H11BrF6O2. The van der Waals surface area contributed by atoms with Gasteiger partial charge < -0.3 is 5.11 Å². The second-order valence-corrected chi connectivity index (χ2v) is 5.58. The van der Waals surface area contributed by atoms with Crippen LogP contribution in [0.3, 0.4) is 0 Å². The average Bonchev–Trinajstić information content (AvgIpc) is 2.53. The van der Waals surface area contributed by atoms with Crippen molar-refractivity contribution in [2.24, 2.45) is 0 Å². The molecule has 2 aromatic rings. The van der Waals surface area contributed by atoms with E-state index < -0.39 is 35.9 Å². The molecule has 0 aliphatic carbocycles. The molecular weight excluding hydrogens is 418 g/mol. The van der Waals surface area contributed by atoms with Gasteiger partial charge in [0.25, 0.3) is 0 Å². The molecule has 2 rings (SSSR count). The molecule has 25 heavy (non-hydrogen) atoms. The van der Waals surface area contributed by atoms with Crippen molar-refractivity contribution >= 4 is 21.7 Å². The van der Waals surface area contributed by atoms with E-state index in [-0.39, 0.29) is 5.56 Å². The smallest absolute Gasteiger partial charge is 0.388 e. The summed E-state index contributed by atoms with van der Waals surface area (Å²) in [4.78, 5) is 10.8. The highest BCUT2D eigenvalue weighted by atomic mass is 79.9. The van der Waals surface area contributed by atoms with Gasteiger partial charge in [-0.05, 0) is 36.4 Å². The first-order valence-corrected chi connectivity index (χ1v) is 7.38. The van der Waals surface area contributed by atoms with Crippen LogP contribution in [0.5, 0.6) is 0 Å². The number of aliphatic hydroxyl groups is 1.